The fourth-order valence-electron chi connectivity index (χ4n) is 4.59. The second-order valence-corrected chi connectivity index (χ2v) is 10.0. The van der Waals surface area contributed by atoms with Crippen molar-refractivity contribution in [1.29, 1.82) is 0 Å². The predicted octanol–water partition coefficient (Wildman–Crippen LogP) is 6.29. The average Bonchev–Trinajstić information content (AvgIpc) is 3.28. The summed E-state index contributed by atoms with van der Waals surface area (Å²) in [4.78, 5) is 27.8. The molecule has 5 rings (SSSR count). The minimum atomic E-state index is -0.246. The van der Waals surface area contributed by atoms with E-state index in [1.54, 1.807) is 11.8 Å². The normalized spacial score (nSPS) is 16.1. The minimum Gasteiger partial charge on any atom is -0.341 e. The van der Waals surface area contributed by atoms with Gasteiger partial charge in [-0.3, -0.25) is 9.59 Å². The Morgan fingerprint density at radius 1 is 0.889 bits per heavy atom. The Morgan fingerprint density at radius 2 is 1.53 bits per heavy atom. The first-order chi connectivity index (χ1) is 17.6. The standard InChI is InChI=1S/C31H28N2O2S/c1-22-10-8-9-15-27(22)29(24-13-6-3-7-14-24)32-30(35)25-16-18-26(19-17-25)31-33(28(34)21-36-31)20-23-11-4-2-5-12-23/h2-19,29,31H,20-21H2,1H3,(H,32,35)/t29-,31+/m0/s1. The van der Waals surface area contributed by atoms with E-state index in [2.05, 4.69) is 24.4 Å². The molecule has 2 atom stereocenters. The molecule has 4 aromatic carbocycles. The molecule has 0 unspecified atom stereocenters. The fraction of sp³-hybridized carbons (Fsp3) is 0.161. The zero-order valence-corrected chi connectivity index (χ0v) is 20.9. The van der Waals surface area contributed by atoms with Gasteiger partial charge in [0.05, 0.1) is 11.8 Å². The number of carbonyl (C=O) groups is 2. The van der Waals surface area contributed by atoms with Crippen LogP contribution in [0.25, 0.3) is 0 Å². The van der Waals surface area contributed by atoms with Gasteiger partial charge in [0, 0.05) is 12.1 Å². The van der Waals surface area contributed by atoms with Gasteiger partial charge in [-0.15, -0.1) is 11.8 Å². The summed E-state index contributed by atoms with van der Waals surface area (Å²) in [5, 5.41) is 3.18. The number of aryl methyl sites for hydroxylation is 1. The molecule has 4 nitrogen and oxygen atoms in total. The van der Waals surface area contributed by atoms with E-state index in [-0.39, 0.29) is 23.2 Å². The molecular formula is C31H28N2O2S. The van der Waals surface area contributed by atoms with E-state index in [4.69, 9.17) is 0 Å². The van der Waals surface area contributed by atoms with Crippen molar-refractivity contribution in [2.24, 2.45) is 0 Å². The van der Waals surface area contributed by atoms with E-state index in [1.165, 1.54) is 0 Å². The van der Waals surface area contributed by atoms with Crippen LogP contribution in [0.2, 0.25) is 0 Å². The summed E-state index contributed by atoms with van der Waals surface area (Å²) < 4.78 is 0. The van der Waals surface area contributed by atoms with Crippen molar-refractivity contribution < 1.29 is 9.59 Å². The molecule has 1 heterocycles. The Balaban J connectivity index is 1.35. The van der Waals surface area contributed by atoms with Crippen LogP contribution >= 0.6 is 11.8 Å². The number of nitrogens with zero attached hydrogens (tertiary/aromatic N) is 1. The Kier molecular flexibility index (Phi) is 7.19. The van der Waals surface area contributed by atoms with Crippen LogP contribution in [0, 0.1) is 6.92 Å². The smallest absolute Gasteiger partial charge is 0.252 e. The van der Waals surface area contributed by atoms with Crippen molar-refractivity contribution >= 4 is 23.6 Å². The van der Waals surface area contributed by atoms with Gasteiger partial charge in [0.25, 0.3) is 5.91 Å². The van der Waals surface area contributed by atoms with Gasteiger partial charge in [0.1, 0.15) is 5.37 Å². The molecule has 5 heteroatoms. The molecule has 0 aliphatic carbocycles. The summed E-state index contributed by atoms with van der Waals surface area (Å²) in [6, 6.07) is 35.6. The van der Waals surface area contributed by atoms with Gasteiger partial charge in [-0.1, -0.05) is 97.1 Å². The monoisotopic (exact) mass is 492 g/mol. The van der Waals surface area contributed by atoms with Gasteiger partial charge in [-0.25, -0.2) is 0 Å². The lowest BCUT2D eigenvalue weighted by Crippen LogP contribution is -2.30. The molecule has 1 N–H and O–H groups in total. The lowest BCUT2D eigenvalue weighted by atomic mass is 9.94. The number of thioether (sulfide) groups is 1. The minimum absolute atomic E-state index is 0.0566. The van der Waals surface area contributed by atoms with Crippen LogP contribution < -0.4 is 5.32 Å². The SMILES string of the molecule is Cc1ccccc1[C@@H](NC(=O)c1ccc([C@H]2SCC(=O)N2Cc2ccccc2)cc1)c1ccccc1. The molecule has 0 radical (unpaired) electrons. The molecule has 1 aliphatic heterocycles. The van der Waals surface area contributed by atoms with Gasteiger partial charge in [-0.05, 0) is 46.9 Å². The summed E-state index contributed by atoms with van der Waals surface area (Å²) >= 11 is 1.63. The molecule has 1 saturated heterocycles. The summed E-state index contributed by atoms with van der Waals surface area (Å²) in [5.74, 6) is 0.476. The van der Waals surface area contributed by atoms with Crippen LogP contribution in [-0.4, -0.2) is 22.5 Å². The number of amides is 2. The van der Waals surface area contributed by atoms with Gasteiger partial charge in [-0.2, -0.15) is 0 Å². The lowest BCUT2D eigenvalue weighted by molar-refractivity contribution is -0.128. The second kappa shape index (κ2) is 10.8. The van der Waals surface area contributed by atoms with Gasteiger partial charge >= 0.3 is 0 Å². The summed E-state index contributed by atoms with van der Waals surface area (Å²) in [7, 11) is 0. The van der Waals surface area contributed by atoms with Gasteiger partial charge < -0.3 is 10.2 Å². The van der Waals surface area contributed by atoms with E-state index in [9.17, 15) is 9.59 Å². The second-order valence-electron chi connectivity index (χ2n) is 8.97. The molecule has 180 valence electrons. The van der Waals surface area contributed by atoms with Crippen molar-refractivity contribution in [2.75, 3.05) is 5.75 Å². The van der Waals surface area contributed by atoms with E-state index < -0.39 is 0 Å². The van der Waals surface area contributed by atoms with Crippen molar-refractivity contribution in [3.05, 3.63) is 143 Å². The highest BCUT2D eigenvalue weighted by Crippen LogP contribution is 2.39. The first kappa shape index (κ1) is 23.9. The van der Waals surface area contributed by atoms with E-state index in [1.807, 2.05) is 102 Å². The average molecular weight is 493 g/mol. The highest BCUT2D eigenvalue weighted by atomic mass is 32.2. The molecular weight excluding hydrogens is 464 g/mol. The fourth-order valence-corrected chi connectivity index (χ4v) is 5.78. The number of nitrogens with one attached hydrogen (secondary N) is 1. The Hall–Kier alpha value is -3.83. The molecule has 2 amide bonds. The molecule has 0 aromatic heterocycles. The molecule has 0 spiro atoms. The molecule has 36 heavy (non-hydrogen) atoms. The van der Waals surface area contributed by atoms with Crippen molar-refractivity contribution in [2.45, 2.75) is 24.9 Å². The number of hydrogen-bond acceptors (Lipinski definition) is 3. The van der Waals surface area contributed by atoms with E-state index in [0.717, 1.165) is 27.8 Å². The first-order valence-corrected chi connectivity index (χ1v) is 13.1. The van der Waals surface area contributed by atoms with Crippen molar-refractivity contribution in [3.63, 3.8) is 0 Å². The first-order valence-electron chi connectivity index (χ1n) is 12.1. The Morgan fingerprint density at radius 3 is 2.22 bits per heavy atom. The maximum atomic E-state index is 13.3. The third kappa shape index (κ3) is 5.21. The summed E-state index contributed by atoms with van der Waals surface area (Å²) in [6.07, 6.45) is 0. The molecule has 4 aromatic rings. The van der Waals surface area contributed by atoms with Crippen LogP contribution in [0.3, 0.4) is 0 Å². The van der Waals surface area contributed by atoms with Crippen molar-refractivity contribution in [1.82, 2.24) is 10.2 Å². The Labute approximate surface area is 216 Å². The number of rotatable bonds is 7. The molecule has 0 saturated carbocycles. The maximum Gasteiger partial charge on any atom is 0.252 e. The van der Waals surface area contributed by atoms with Gasteiger partial charge in [0.15, 0.2) is 0 Å². The van der Waals surface area contributed by atoms with Crippen molar-refractivity contribution in [3.8, 4) is 0 Å². The van der Waals surface area contributed by atoms with Gasteiger partial charge in [0.2, 0.25) is 5.91 Å². The topological polar surface area (TPSA) is 49.4 Å². The largest absolute Gasteiger partial charge is 0.341 e. The zero-order chi connectivity index (χ0) is 24.9. The highest BCUT2D eigenvalue weighted by Gasteiger charge is 2.32. The zero-order valence-electron chi connectivity index (χ0n) is 20.1. The molecule has 1 fully saturated rings. The van der Waals surface area contributed by atoms with E-state index >= 15 is 0 Å². The predicted molar refractivity (Wildman–Crippen MR) is 146 cm³/mol. The summed E-state index contributed by atoms with van der Waals surface area (Å²) in [5.41, 5.74) is 5.97. The third-order valence-corrected chi connectivity index (χ3v) is 7.79. The summed E-state index contributed by atoms with van der Waals surface area (Å²) in [6.45, 7) is 2.64. The van der Waals surface area contributed by atoms with Crippen LogP contribution in [0.4, 0.5) is 0 Å². The maximum absolute atomic E-state index is 13.3. The molecule has 0 bridgehead atoms. The number of hydrogen-bond donors (Lipinski definition) is 1. The Bertz CT molecular complexity index is 1340. The van der Waals surface area contributed by atoms with Crippen LogP contribution in [0.5, 0.6) is 0 Å². The number of benzene rings is 4. The van der Waals surface area contributed by atoms with Crippen LogP contribution in [0.1, 0.15) is 49.6 Å². The quantitative estimate of drug-likeness (QED) is 0.330. The van der Waals surface area contributed by atoms with Crippen LogP contribution in [-0.2, 0) is 11.3 Å². The van der Waals surface area contributed by atoms with Crippen LogP contribution in [0.15, 0.2) is 109 Å². The lowest BCUT2D eigenvalue weighted by Gasteiger charge is -2.25. The number of carbonyl (C=O) groups excluding carboxylic acids is 2. The van der Waals surface area contributed by atoms with E-state index in [0.29, 0.717) is 17.9 Å². The highest BCUT2D eigenvalue weighted by molar-refractivity contribution is 8.00. The molecule has 1 aliphatic rings. The third-order valence-electron chi connectivity index (χ3n) is 6.53.